The fourth-order valence-electron chi connectivity index (χ4n) is 0.998. The first-order valence-corrected chi connectivity index (χ1v) is 3.64. The van der Waals surface area contributed by atoms with Crippen LogP contribution in [0.1, 0.15) is 0 Å². The third kappa shape index (κ3) is 1.20. The van der Waals surface area contributed by atoms with Crippen LogP contribution in [0.3, 0.4) is 0 Å². The zero-order chi connectivity index (χ0) is 10.1. The SMILES string of the molecule is Oc1c(F)ccc(-c2ncno2)c1F. The number of phenols is 1. The van der Waals surface area contributed by atoms with Gasteiger partial charge in [0.05, 0.1) is 5.56 Å². The molecular weight excluding hydrogens is 194 g/mol. The quantitative estimate of drug-likeness (QED) is 0.757. The number of nitrogens with zero attached hydrogens (tertiary/aromatic N) is 2. The molecule has 1 aromatic heterocycles. The molecule has 0 aliphatic carbocycles. The van der Waals surface area contributed by atoms with Crippen LogP contribution in [-0.2, 0) is 0 Å². The van der Waals surface area contributed by atoms with Gasteiger partial charge < -0.3 is 9.63 Å². The van der Waals surface area contributed by atoms with E-state index in [-0.39, 0.29) is 11.5 Å². The molecular formula is C8H4F2N2O2. The van der Waals surface area contributed by atoms with Crippen LogP contribution < -0.4 is 0 Å². The summed E-state index contributed by atoms with van der Waals surface area (Å²) in [5.41, 5.74) is -0.138. The first-order valence-electron chi connectivity index (χ1n) is 3.64. The first kappa shape index (κ1) is 8.61. The lowest BCUT2D eigenvalue weighted by atomic mass is 10.2. The van der Waals surface area contributed by atoms with Gasteiger partial charge in [0.15, 0.2) is 23.7 Å². The van der Waals surface area contributed by atoms with Crippen LogP contribution in [0.25, 0.3) is 11.5 Å². The monoisotopic (exact) mass is 198 g/mol. The molecule has 0 amide bonds. The molecule has 1 N–H and O–H groups in total. The Bertz CT molecular complexity index is 457. The smallest absolute Gasteiger partial charge is 0.260 e. The molecule has 0 aliphatic rings. The molecule has 2 rings (SSSR count). The summed E-state index contributed by atoms with van der Waals surface area (Å²) in [4.78, 5) is 3.57. The van der Waals surface area contributed by atoms with Crippen molar-refractivity contribution in [3.8, 4) is 17.2 Å². The Kier molecular flexibility index (Phi) is 1.88. The molecule has 0 radical (unpaired) electrons. The number of phenolic OH excluding ortho intramolecular Hbond substituents is 1. The van der Waals surface area contributed by atoms with Crippen molar-refractivity contribution < 1.29 is 18.4 Å². The van der Waals surface area contributed by atoms with E-state index in [1.807, 2.05) is 0 Å². The Hall–Kier alpha value is -1.98. The minimum atomic E-state index is -1.12. The second-order valence-corrected chi connectivity index (χ2v) is 2.50. The predicted octanol–water partition coefficient (Wildman–Crippen LogP) is 1.72. The van der Waals surface area contributed by atoms with E-state index in [1.54, 1.807) is 0 Å². The topological polar surface area (TPSA) is 59.2 Å². The zero-order valence-electron chi connectivity index (χ0n) is 6.74. The summed E-state index contributed by atoms with van der Waals surface area (Å²) in [5, 5.41) is 12.2. The molecule has 1 aromatic carbocycles. The summed E-state index contributed by atoms with van der Waals surface area (Å²) < 4.78 is 30.4. The van der Waals surface area contributed by atoms with Crippen LogP contribution in [0.5, 0.6) is 5.75 Å². The van der Waals surface area contributed by atoms with Gasteiger partial charge in [0, 0.05) is 0 Å². The zero-order valence-corrected chi connectivity index (χ0v) is 6.74. The third-order valence-electron chi connectivity index (χ3n) is 1.66. The first-order chi connectivity index (χ1) is 6.70. The van der Waals surface area contributed by atoms with E-state index >= 15 is 0 Å². The van der Waals surface area contributed by atoms with Crippen molar-refractivity contribution in [3.05, 3.63) is 30.1 Å². The molecule has 4 nitrogen and oxygen atoms in total. The van der Waals surface area contributed by atoms with Crippen molar-refractivity contribution in [1.82, 2.24) is 10.1 Å². The van der Waals surface area contributed by atoms with E-state index in [2.05, 4.69) is 14.7 Å². The van der Waals surface area contributed by atoms with Crippen molar-refractivity contribution in [2.75, 3.05) is 0 Å². The Morgan fingerprint density at radius 3 is 2.71 bits per heavy atom. The Balaban J connectivity index is 2.61. The number of aromatic nitrogens is 2. The van der Waals surface area contributed by atoms with E-state index < -0.39 is 17.4 Å². The van der Waals surface area contributed by atoms with Crippen LogP contribution in [0.4, 0.5) is 8.78 Å². The van der Waals surface area contributed by atoms with Gasteiger partial charge in [-0.25, -0.2) is 8.78 Å². The van der Waals surface area contributed by atoms with Crippen LogP contribution in [0.2, 0.25) is 0 Å². The molecule has 0 unspecified atom stereocenters. The van der Waals surface area contributed by atoms with Crippen molar-refractivity contribution in [3.63, 3.8) is 0 Å². The fourth-order valence-corrected chi connectivity index (χ4v) is 0.998. The Morgan fingerprint density at radius 1 is 1.29 bits per heavy atom. The number of rotatable bonds is 1. The van der Waals surface area contributed by atoms with Gasteiger partial charge in [-0.1, -0.05) is 5.16 Å². The number of hydrogen-bond donors (Lipinski definition) is 1. The van der Waals surface area contributed by atoms with Crippen molar-refractivity contribution >= 4 is 0 Å². The Labute approximate surface area is 76.8 Å². The second-order valence-electron chi connectivity index (χ2n) is 2.50. The van der Waals surface area contributed by atoms with Gasteiger partial charge in [0.1, 0.15) is 0 Å². The van der Waals surface area contributed by atoms with Gasteiger partial charge in [-0.3, -0.25) is 0 Å². The van der Waals surface area contributed by atoms with Gasteiger partial charge in [-0.05, 0) is 12.1 Å². The summed E-state index contributed by atoms with van der Waals surface area (Å²) >= 11 is 0. The molecule has 1 heterocycles. The van der Waals surface area contributed by atoms with E-state index in [4.69, 9.17) is 5.11 Å². The highest BCUT2D eigenvalue weighted by Crippen LogP contribution is 2.28. The molecule has 14 heavy (non-hydrogen) atoms. The normalized spacial score (nSPS) is 10.4. The molecule has 0 fully saturated rings. The Morgan fingerprint density at radius 2 is 2.07 bits per heavy atom. The highest BCUT2D eigenvalue weighted by Gasteiger charge is 2.16. The van der Waals surface area contributed by atoms with Crippen molar-refractivity contribution in [2.45, 2.75) is 0 Å². The van der Waals surface area contributed by atoms with Gasteiger partial charge in [-0.15, -0.1) is 0 Å². The standard InChI is InChI=1S/C8H4F2N2O2/c9-5-2-1-4(6(10)7(5)13)8-11-3-12-14-8/h1-3,13H. The lowest BCUT2D eigenvalue weighted by molar-refractivity contribution is 0.392. The number of halogens is 2. The van der Waals surface area contributed by atoms with Gasteiger partial charge >= 0.3 is 0 Å². The van der Waals surface area contributed by atoms with Crippen LogP contribution in [0.15, 0.2) is 23.0 Å². The van der Waals surface area contributed by atoms with Gasteiger partial charge in [0.25, 0.3) is 5.89 Å². The predicted molar refractivity (Wildman–Crippen MR) is 41.3 cm³/mol. The summed E-state index contributed by atoms with van der Waals surface area (Å²) in [7, 11) is 0. The number of benzene rings is 1. The molecule has 0 saturated carbocycles. The maximum Gasteiger partial charge on any atom is 0.260 e. The molecule has 0 bridgehead atoms. The fraction of sp³-hybridized carbons (Fsp3) is 0. The lowest BCUT2D eigenvalue weighted by Gasteiger charge is -2.00. The number of aromatic hydroxyl groups is 1. The molecule has 0 aliphatic heterocycles. The summed E-state index contributed by atoms with van der Waals surface area (Å²) in [5.74, 6) is -3.32. The van der Waals surface area contributed by atoms with Gasteiger partial charge in [-0.2, -0.15) is 4.98 Å². The average Bonchev–Trinajstić information content (AvgIpc) is 2.67. The second kappa shape index (κ2) is 3.06. The van der Waals surface area contributed by atoms with E-state index in [9.17, 15) is 8.78 Å². The van der Waals surface area contributed by atoms with E-state index in [0.29, 0.717) is 0 Å². The molecule has 0 saturated heterocycles. The largest absolute Gasteiger partial charge is 0.503 e. The summed E-state index contributed by atoms with van der Waals surface area (Å²) in [6.45, 7) is 0. The van der Waals surface area contributed by atoms with E-state index in [0.717, 1.165) is 18.5 Å². The average molecular weight is 198 g/mol. The molecule has 0 atom stereocenters. The van der Waals surface area contributed by atoms with E-state index in [1.165, 1.54) is 0 Å². The minimum Gasteiger partial charge on any atom is -0.503 e. The molecule has 72 valence electrons. The summed E-state index contributed by atoms with van der Waals surface area (Å²) in [6, 6.07) is 2.02. The molecule has 0 spiro atoms. The van der Waals surface area contributed by atoms with Crippen LogP contribution in [-0.4, -0.2) is 15.2 Å². The third-order valence-corrected chi connectivity index (χ3v) is 1.66. The highest BCUT2D eigenvalue weighted by atomic mass is 19.1. The van der Waals surface area contributed by atoms with Gasteiger partial charge in [0.2, 0.25) is 0 Å². The molecule has 6 heteroatoms. The van der Waals surface area contributed by atoms with Crippen LogP contribution >= 0.6 is 0 Å². The van der Waals surface area contributed by atoms with Crippen molar-refractivity contribution in [2.24, 2.45) is 0 Å². The maximum atomic E-state index is 13.2. The maximum absolute atomic E-state index is 13.2. The molecule has 2 aromatic rings. The van der Waals surface area contributed by atoms with Crippen molar-refractivity contribution in [1.29, 1.82) is 0 Å². The highest BCUT2D eigenvalue weighted by molar-refractivity contribution is 5.56. The lowest BCUT2D eigenvalue weighted by Crippen LogP contribution is -1.88. The van der Waals surface area contributed by atoms with Crippen LogP contribution in [0, 0.1) is 11.6 Å². The minimum absolute atomic E-state index is 0.113. The number of hydrogen-bond acceptors (Lipinski definition) is 4. The summed E-state index contributed by atoms with van der Waals surface area (Å²) in [6.07, 6.45) is 1.08.